The van der Waals surface area contributed by atoms with Crippen LogP contribution in [0.4, 0.5) is 4.39 Å². The molecule has 2 nitrogen and oxygen atoms in total. The second-order valence-corrected chi connectivity index (χ2v) is 7.47. The second-order valence-electron chi connectivity index (χ2n) is 7.47. The molecule has 30 heavy (non-hydrogen) atoms. The molecule has 0 radical (unpaired) electrons. The molecule has 0 aliphatic carbocycles. The summed E-state index contributed by atoms with van der Waals surface area (Å²) in [5.41, 5.74) is 6.77. The molecule has 0 saturated carbocycles. The molecule has 0 aliphatic rings. The van der Waals surface area contributed by atoms with E-state index in [9.17, 15) is 4.39 Å². The fourth-order valence-electron chi connectivity index (χ4n) is 3.84. The molecule has 0 fully saturated rings. The largest absolute Gasteiger partial charge is 0.323 e. The third kappa shape index (κ3) is 3.74. The zero-order chi connectivity index (χ0) is 20.3. The Hall–Kier alpha value is -3.72. The van der Waals surface area contributed by atoms with Gasteiger partial charge in [0.2, 0.25) is 0 Å². The van der Waals surface area contributed by atoms with Crippen molar-refractivity contribution in [1.82, 2.24) is 9.55 Å². The van der Waals surface area contributed by atoms with Crippen molar-refractivity contribution < 1.29 is 4.39 Å². The van der Waals surface area contributed by atoms with Crippen LogP contribution in [0.2, 0.25) is 0 Å². The highest BCUT2D eigenvalue weighted by Gasteiger charge is 2.12. The van der Waals surface area contributed by atoms with Crippen LogP contribution in [-0.4, -0.2) is 9.55 Å². The number of para-hydroxylation sites is 2. The molecule has 0 amide bonds. The average molecular weight is 392 g/mol. The highest BCUT2D eigenvalue weighted by molar-refractivity contribution is 5.76. The number of hydrogen-bond acceptors (Lipinski definition) is 1. The number of hydrogen-bond donors (Lipinski definition) is 0. The molecular weight excluding hydrogens is 371 g/mol. The number of halogens is 1. The fourth-order valence-corrected chi connectivity index (χ4v) is 3.84. The summed E-state index contributed by atoms with van der Waals surface area (Å²) in [6, 6.07) is 33.9. The quantitative estimate of drug-likeness (QED) is 0.335. The Morgan fingerprint density at radius 1 is 0.633 bits per heavy atom. The molecule has 0 saturated heterocycles. The van der Waals surface area contributed by atoms with Crippen LogP contribution in [0.15, 0.2) is 103 Å². The molecule has 146 valence electrons. The molecule has 0 spiro atoms. The summed E-state index contributed by atoms with van der Waals surface area (Å²) >= 11 is 0. The van der Waals surface area contributed by atoms with Crippen molar-refractivity contribution in [3.8, 4) is 11.1 Å². The monoisotopic (exact) mass is 392 g/mol. The molecule has 0 bridgehead atoms. The molecule has 5 aromatic rings. The van der Waals surface area contributed by atoms with Crippen molar-refractivity contribution in [3.63, 3.8) is 0 Å². The molecule has 0 unspecified atom stereocenters. The molecule has 5 rings (SSSR count). The highest BCUT2D eigenvalue weighted by atomic mass is 19.1. The van der Waals surface area contributed by atoms with Crippen LogP contribution >= 0.6 is 0 Å². The van der Waals surface area contributed by atoms with Gasteiger partial charge < -0.3 is 4.57 Å². The van der Waals surface area contributed by atoms with E-state index in [0.717, 1.165) is 28.8 Å². The highest BCUT2D eigenvalue weighted by Crippen LogP contribution is 2.23. The maximum Gasteiger partial charge on any atom is 0.123 e. The van der Waals surface area contributed by atoms with E-state index in [-0.39, 0.29) is 5.82 Å². The van der Waals surface area contributed by atoms with Crippen LogP contribution in [0.3, 0.4) is 0 Å². The molecule has 0 atom stereocenters. The van der Waals surface area contributed by atoms with Crippen molar-refractivity contribution in [2.75, 3.05) is 0 Å². The van der Waals surface area contributed by atoms with Crippen molar-refractivity contribution >= 4 is 11.0 Å². The minimum absolute atomic E-state index is 0.215. The summed E-state index contributed by atoms with van der Waals surface area (Å²) in [4.78, 5) is 4.89. The summed E-state index contributed by atoms with van der Waals surface area (Å²) in [7, 11) is 0. The van der Waals surface area contributed by atoms with Gasteiger partial charge in [0.05, 0.1) is 11.0 Å². The lowest BCUT2D eigenvalue weighted by Crippen LogP contribution is -2.06. The molecular formula is C27H21FN2. The minimum atomic E-state index is -0.215. The standard InChI is InChI=1S/C27H21FN2/c28-24-16-12-21(13-17-24)19-30-26-9-5-4-8-25(26)29-27(30)18-20-10-14-23(15-11-20)22-6-2-1-3-7-22/h1-17H,18-19H2. The number of benzene rings is 4. The summed E-state index contributed by atoms with van der Waals surface area (Å²) in [6.45, 7) is 0.665. The maximum atomic E-state index is 13.3. The van der Waals surface area contributed by atoms with Gasteiger partial charge >= 0.3 is 0 Å². The molecule has 3 heteroatoms. The summed E-state index contributed by atoms with van der Waals surface area (Å²) in [5.74, 6) is 0.793. The lowest BCUT2D eigenvalue weighted by molar-refractivity contribution is 0.626. The smallest absolute Gasteiger partial charge is 0.123 e. The third-order valence-electron chi connectivity index (χ3n) is 5.41. The number of aromatic nitrogens is 2. The number of rotatable bonds is 5. The molecule has 0 aliphatic heterocycles. The Bertz CT molecular complexity index is 1270. The third-order valence-corrected chi connectivity index (χ3v) is 5.41. The van der Waals surface area contributed by atoms with E-state index in [2.05, 4.69) is 59.2 Å². The van der Waals surface area contributed by atoms with Gasteiger partial charge in [-0.15, -0.1) is 0 Å². The first-order chi connectivity index (χ1) is 14.8. The number of nitrogens with zero attached hydrogens (tertiary/aromatic N) is 2. The Labute approximate surface area is 175 Å². The van der Waals surface area contributed by atoms with Crippen LogP contribution < -0.4 is 0 Å². The van der Waals surface area contributed by atoms with Crippen LogP contribution in [0.1, 0.15) is 17.0 Å². The Balaban J connectivity index is 1.47. The van der Waals surface area contributed by atoms with Crippen LogP contribution in [-0.2, 0) is 13.0 Å². The Morgan fingerprint density at radius 2 is 1.27 bits per heavy atom. The van der Waals surface area contributed by atoms with E-state index in [1.807, 2.05) is 36.4 Å². The van der Waals surface area contributed by atoms with E-state index in [0.29, 0.717) is 6.54 Å². The van der Waals surface area contributed by atoms with Crippen molar-refractivity contribution in [3.05, 3.63) is 126 Å². The summed E-state index contributed by atoms with van der Waals surface area (Å²) in [6.07, 6.45) is 0.741. The zero-order valence-electron chi connectivity index (χ0n) is 16.5. The van der Waals surface area contributed by atoms with Crippen LogP contribution in [0.5, 0.6) is 0 Å². The Kier molecular flexibility index (Phi) is 4.86. The van der Waals surface area contributed by atoms with Gasteiger partial charge in [-0.1, -0.05) is 78.9 Å². The normalized spacial score (nSPS) is 11.1. The lowest BCUT2D eigenvalue weighted by Gasteiger charge is -2.10. The fraction of sp³-hybridized carbons (Fsp3) is 0.0741. The summed E-state index contributed by atoms with van der Waals surface area (Å²) in [5, 5.41) is 0. The van der Waals surface area contributed by atoms with E-state index in [1.54, 1.807) is 0 Å². The van der Waals surface area contributed by atoms with Gasteiger partial charge in [0.25, 0.3) is 0 Å². The lowest BCUT2D eigenvalue weighted by atomic mass is 10.0. The van der Waals surface area contributed by atoms with Crippen molar-refractivity contribution in [2.24, 2.45) is 0 Å². The van der Waals surface area contributed by atoms with E-state index >= 15 is 0 Å². The van der Waals surface area contributed by atoms with Gasteiger partial charge in [0.1, 0.15) is 11.6 Å². The predicted molar refractivity (Wildman–Crippen MR) is 120 cm³/mol. The Morgan fingerprint density at radius 3 is 2.03 bits per heavy atom. The van der Waals surface area contributed by atoms with E-state index in [1.165, 1.54) is 28.8 Å². The van der Waals surface area contributed by atoms with Crippen molar-refractivity contribution in [1.29, 1.82) is 0 Å². The van der Waals surface area contributed by atoms with Crippen LogP contribution in [0.25, 0.3) is 22.2 Å². The average Bonchev–Trinajstić information content (AvgIpc) is 3.13. The van der Waals surface area contributed by atoms with Gasteiger partial charge in [-0.2, -0.15) is 0 Å². The van der Waals surface area contributed by atoms with Gasteiger partial charge in [0.15, 0.2) is 0 Å². The predicted octanol–water partition coefficient (Wildman–Crippen LogP) is 6.48. The van der Waals surface area contributed by atoms with E-state index < -0.39 is 0 Å². The first-order valence-electron chi connectivity index (χ1n) is 10.1. The van der Waals surface area contributed by atoms with Gasteiger partial charge in [-0.3, -0.25) is 0 Å². The van der Waals surface area contributed by atoms with Crippen LogP contribution in [0, 0.1) is 5.82 Å². The SMILES string of the molecule is Fc1ccc(Cn2c(Cc3ccc(-c4ccccc4)cc3)nc3ccccc32)cc1. The second kappa shape index (κ2) is 7.96. The maximum absolute atomic E-state index is 13.3. The minimum Gasteiger partial charge on any atom is -0.323 e. The molecule has 4 aromatic carbocycles. The molecule has 1 aromatic heterocycles. The van der Waals surface area contributed by atoms with Crippen molar-refractivity contribution in [2.45, 2.75) is 13.0 Å². The first kappa shape index (κ1) is 18.3. The molecule has 1 heterocycles. The van der Waals surface area contributed by atoms with E-state index in [4.69, 9.17) is 4.98 Å². The first-order valence-corrected chi connectivity index (χ1v) is 10.1. The van der Waals surface area contributed by atoms with Gasteiger partial charge in [-0.05, 0) is 46.5 Å². The topological polar surface area (TPSA) is 17.8 Å². The summed E-state index contributed by atoms with van der Waals surface area (Å²) < 4.78 is 15.6. The number of imidazole rings is 1. The number of fused-ring (bicyclic) bond motifs is 1. The molecule has 0 N–H and O–H groups in total. The zero-order valence-corrected chi connectivity index (χ0v) is 16.5. The van der Waals surface area contributed by atoms with Gasteiger partial charge in [0, 0.05) is 13.0 Å². The van der Waals surface area contributed by atoms with Gasteiger partial charge in [-0.25, -0.2) is 9.37 Å².